The maximum Gasteiger partial charge on any atom is 0.115 e. The molecule has 0 bridgehead atoms. The first-order valence-electron chi connectivity index (χ1n) is 7.03. The van der Waals surface area contributed by atoms with E-state index in [1.807, 2.05) is 12.1 Å². The number of hydrogen-bond donors (Lipinski definition) is 2. The van der Waals surface area contributed by atoms with Crippen molar-refractivity contribution in [2.24, 2.45) is 5.92 Å². The van der Waals surface area contributed by atoms with E-state index in [9.17, 15) is 5.11 Å². The zero-order chi connectivity index (χ0) is 12.4. The zero-order valence-corrected chi connectivity index (χ0v) is 10.8. The van der Waals surface area contributed by atoms with Crippen LogP contribution in [0.1, 0.15) is 24.3 Å². The molecule has 18 heavy (non-hydrogen) atoms. The minimum Gasteiger partial charge on any atom is -0.508 e. The molecule has 2 N–H and O–H groups in total. The number of piperidine rings is 1. The molecule has 0 aliphatic carbocycles. The molecular formula is C15H22N2O. The van der Waals surface area contributed by atoms with E-state index in [1.54, 1.807) is 0 Å². The van der Waals surface area contributed by atoms with E-state index in [4.69, 9.17) is 0 Å². The first-order chi connectivity index (χ1) is 8.81. The predicted octanol–water partition coefficient (Wildman–Crippen LogP) is 1.79. The Morgan fingerprint density at radius 2 is 1.78 bits per heavy atom. The van der Waals surface area contributed by atoms with Gasteiger partial charge in [-0.1, -0.05) is 12.1 Å². The van der Waals surface area contributed by atoms with Crippen molar-refractivity contribution in [2.75, 3.05) is 32.7 Å². The quantitative estimate of drug-likeness (QED) is 0.853. The predicted molar refractivity (Wildman–Crippen MR) is 72.9 cm³/mol. The lowest BCUT2D eigenvalue weighted by Crippen LogP contribution is -2.49. The van der Waals surface area contributed by atoms with Crippen LogP contribution in [-0.4, -0.2) is 42.7 Å². The van der Waals surface area contributed by atoms with Gasteiger partial charge in [-0.2, -0.15) is 0 Å². The molecule has 0 spiro atoms. The molecule has 1 aromatic rings. The third kappa shape index (κ3) is 2.68. The smallest absolute Gasteiger partial charge is 0.115 e. The summed E-state index contributed by atoms with van der Waals surface area (Å²) in [5, 5.41) is 12.7. The maximum atomic E-state index is 9.32. The molecule has 0 radical (unpaired) electrons. The number of nitrogens with one attached hydrogen (secondary N) is 1. The lowest BCUT2D eigenvalue weighted by molar-refractivity contribution is 0.158. The number of rotatable bonds is 3. The van der Waals surface area contributed by atoms with E-state index in [0.29, 0.717) is 11.7 Å². The summed E-state index contributed by atoms with van der Waals surface area (Å²) in [4.78, 5) is 2.61. The van der Waals surface area contributed by atoms with Crippen LogP contribution in [0, 0.1) is 5.92 Å². The Morgan fingerprint density at radius 3 is 2.33 bits per heavy atom. The summed E-state index contributed by atoms with van der Waals surface area (Å²) in [7, 11) is 0. The van der Waals surface area contributed by atoms with Crippen LogP contribution in [0.4, 0.5) is 0 Å². The standard InChI is InChI=1S/C15H22N2O/c18-15-3-1-13(2-4-15)14-5-7-17(8-6-14)11-12-9-16-10-12/h1-4,12,14,16,18H,5-11H2. The number of likely N-dealkylation sites (tertiary alicyclic amines) is 1. The van der Waals surface area contributed by atoms with Gasteiger partial charge in [0.05, 0.1) is 0 Å². The van der Waals surface area contributed by atoms with Crippen molar-refractivity contribution >= 4 is 0 Å². The van der Waals surface area contributed by atoms with Crippen molar-refractivity contribution in [1.82, 2.24) is 10.2 Å². The number of aromatic hydroxyl groups is 1. The van der Waals surface area contributed by atoms with Gasteiger partial charge in [0.1, 0.15) is 5.75 Å². The summed E-state index contributed by atoms with van der Waals surface area (Å²) >= 11 is 0. The van der Waals surface area contributed by atoms with Crippen molar-refractivity contribution in [2.45, 2.75) is 18.8 Å². The van der Waals surface area contributed by atoms with Gasteiger partial charge in [0, 0.05) is 19.6 Å². The van der Waals surface area contributed by atoms with Crippen LogP contribution >= 0.6 is 0 Å². The summed E-state index contributed by atoms with van der Waals surface area (Å²) < 4.78 is 0. The lowest BCUT2D eigenvalue weighted by atomic mass is 9.89. The molecule has 2 aliphatic heterocycles. The van der Waals surface area contributed by atoms with Crippen LogP contribution in [0.25, 0.3) is 0 Å². The fourth-order valence-corrected chi connectivity index (χ4v) is 3.04. The highest BCUT2D eigenvalue weighted by atomic mass is 16.3. The van der Waals surface area contributed by atoms with Crippen LogP contribution in [0.15, 0.2) is 24.3 Å². The van der Waals surface area contributed by atoms with Gasteiger partial charge in [-0.25, -0.2) is 0 Å². The summed E-state index contributed by atoms with van der Waals surface area (Å²) in [6.07, 6.45) is 2.51. The molecule has 3 rings (SSSR count). The Morgan fingerprint density at radius 1 is 1.11 bits per heavy atom. The Balaban J connectivity index is 1.51. The average Bonchev–Trinajstić information content (AvgIpc) is 2.36. The first kappa shape index (κ1) is 12.0. The first-order valence-corrected chi connectivity index (χ1v) is 7.03. The SMILES string of the molecule is Oc1ccc(C2CCN(CC3CNC3)CC2)cc1. The fourth-order valence-electron chi connectivity index (χ4n) is 3.04. The molecule has 2 fully saturated rings. The molecule has 2 heterocycles. The van der Waals surface area contributed by atoms with E-state index < -0.39 is 0 Å². The minimum absolute atomic E-state index is 0.369. The summed E-state index contributed by atoms with van der Waals surface area (Å²) in [5.74, 6) is 1.94. The topological polar surface area (TPSA) is 35.5 Å². The van der Waals surface area contributed by atoms with Gasteiger partial charge < -0.3 is 15.3 Å². The molecular weight excluding hydrogens is 224 g/mol. The van der Waals surface area contributed by atoms with Gasteiger partial charge >= 0.3 is 0 Å². The van der Waals surface area contributed by atoms with E-state index in [2.05, 4.69) is 22.3 Å². The Labute approximate surface area is 109 Å². The zero-order valence-electron chi connectivity index (χ0n) is 10.8. The molecule has 0 atom stereocenters. The van der Waals surface area contributed by atoms with Crippen LogP contribution < -0.4 is 5.32 Å². The van der Waals surface area contributed by atoms with Gasteiger partial charge in [-0.05, 0) is 55.5 Å². The van der Waals surface area contributed by atoms with Gasteiger partial charge in [0.25, 0.3) is 0 Å². The van der Waals surface area contributed by atoms with Crippen molar-refractivity contribution in [3.8, 4) is 5.75 Å². The van der Waals surface area contributed by atoms with Crippen molar-refractivity contribution in [3.63, 3.8) is 0 Å². The molecule has 2 aliphatic rings. The second-order valence-corrected chi connectivity index (χ2v) is 5.69. The molecule has 0 aromatic heterocycles. The molecule has 0 amide bonds. The van der Waals surface area contributed by atoms with Crippen molar-refractivity contribution in [3.05, 3.63) is 29.8 Å². The highest BCUT2D eigenvalue weighted by Crippen LogP contribution is 2.29. The van der Waals surface area contributed by atoms with Crippen LogP contribution in [0.2, 0.25) is 0 Å². The molecule has 2 saturated heterocycles. The van der Waals surface area contributed by atoms with E-state index in [-0.39, 0.29) is 0 Å². The Hall–Kier alpha value is -1.06. The second-order valence-electron chi connectivity index (χ2n) is 5.69. The lowest BCUT2D eigenvalue weighted by Gasteiger charge is -2.37. The Kier molecular flexibility index (Phi) is 3.52. The van der Waals surface area contributed by atoms with E-state index >= 15 is 0 Å². The number of phenolic OH excluding ortho intramolecular Hbond substituents is 1. The van der Waals surface area contributed by atoms with E-state index in [0.717, 1.165) is 5.92 Å². The van der Waals surface area contributed by atoms with Gasteiger partial charge in [-0.15, -0.1) is 0 Å². The minimum atomic E-state index is 0.369. The van der Waals surface area contributed by atoms with E-state index in [1.165, 1.54) is 51.1 Å². The summed E-state index contributed by atoms with van der Waals surface area (Å²) in [6, 6.07) is 7.76. The molecule has 0 saturated carbocycles. The third-order valence-corrected chi connectivity index (χ3v) is 4.33. The number of hydrogen-bond acceptors (Lipinski definition) is 3. The molecule has 3 nitrogen and oxygen atoms in total. The number of nitrogens with zero attached hydrogens (tertiary/aromatic N) is 1. The number of phenols is 1. The summed E-state index contributed by atoms with van der Waals surface area (Å²) in [5.41, 5.74) is 1.39. The Bertz CT molecular complexity index is 378. The summed E-state index contributed by atoms with van der Waals surface area (Å²) in [6.45, 7) is 6.13. The molecule has 1 aromatic carbocycles. The largest absolute Gasteiger partial charge is 0.508 e. The van der Waals surface area contributed by atoms with Crippen molar-refractivity contribution in [1.29, 1.82) is 0 Å². The second kappa shape index (κ2) is 5.29. The maximum absolute atomic E-state index is 9.32. The normalized spacial score (nSPS) is 22.9. The van der Waals surface area contributed by atoms with Gasteiger partial charge in [-0.3, -0.25) is 0 Å². The van der Waals surface area contributed by atoms with Gasteiger partial charge in [0.2, 0.25) is 0 Å². The van der Waals surface area contributed by atoms with Gasteiger partial charge in [0.15, 0.2) is 0 Å². The molecule has 3 heteroatoms. The third-order valence-electron chi connectivity index (χ3n) is 4.33. The van der Waals surface area contributed by atoms with Crippen LogP contribution in [0.5, 0.6) is 5.75 Å². The molecule has 98 valence electrons. The fraction of sp³-hybridized carbons (Fsp3) is 0.600. The van der Waals surface area contributed by atoms with Crippen LogP contribution in [-0.2, 0) is 0 Å². The van der Waals surface area contributed by atoms with Crippen molar-refractivity contribution < 1.29 is 5.11 Å². The highest BCUT2D eigenvalue weighted by molar-refractivity contribution is 5.28. The average molecular weight is 246 g/mol. The number of benzene rings is 1. The monoisotopic (exact) mass is 246 g/mol. The van der Waals surface area contributed by atoms with Crippen LogP contribution in [0.3, 0.4) is 0 Å². The molecule has 0 unspecified atom stereocenters. The highest BCUT2D eigenvalue weighted by Gasteiger charge is 2.24.